The fraction of sp³-hybridized carbons (Fsp3) is 0.556. The van der Waals surface area contributed by atoms with Gasteiger partial charge in [-0.15, -0.1) is 0 Å². The topological polar surface area (TPSA) is 40.6 Å². The van der Waals surface area contributed by atoms with Gasteiger partial charge in [0.05, 0.1) is 0 Å². The van der Waals surface area contributed by atoms with Crippen molar-refractivity contribution in [2.75, 3.05) is 20.6 Å². The van der Waals surface area contributed by atoms with Crippen LogP contribution in [0.3, 0.4) is 0 Å². The quantitative estimate of drug-likeness (QED) is 0.570. The van der Waals surface area contributed by atoms with Crippen molar-refractivity contribution in [3.05, 3.63) is 12.2 Å². The Morgan fingerprint density at radius 3 is 2.15 bits per heavy atom. The molecule has 0 saturated heterocycles. The van der Waals surface area contributed by atoms with Gasteiger partial charge < -0.3 is 4.90 Å². The van der Waals surface area contributed by atoms with E-state index < -0.39 is 0 Å². The van der Waals surface area contributed by atoms with E-state index in [1.54, 1.807) is 0 Å². The maximum atomic E-state index is 11.1. The number of hydrogen-bond donors (Lipinski definition) is 0. The van der Waals surface area contributed by atoms with E-state index in [0.717, 1.165) is 0 Å². The Kier molecular flexibility index (Phi) is 2.83. The van der Waals surface area contributed by atoms with Gasteiger partial charge in [0, 0.05) is 24.7 Å². The zero-order valence-corrected chi connectivity index (χ0v) is 8.15. The second kappa shape index (κ2) is 3.70. The highest BCUT2D eigenvalue weighted by atomic mass is 16.2. The minimum absolute atomic E-state index is 0.188. The average molecular weight is 182 g/mol. The van der Waals surface area contributed by atoms with E-state index in [4.69, 9.17) is 0 Å². The molecule has 1 aliphatic heterocycles. The molecular weight excluding hydrogens is 168 g/mol. The lowest BCUT2D eigenvalue weighted by Gasteiger charge is -2.24. The summed E-state index contributed by atoms with van der Waals surface area (Å²) in [5, 5.41) is 0. The van der Waals surface area contributed by atoms with Gasteiger partial charge in [-0.25, -0.2) is 0 Å². The molecule has 4 nitrogen and oxygen atoms in total. The predicted octanol–water partition coefficient (Wildman–Crippen LogP) is -0.139. The largest absolute Gasteiger partial charge is 0.305 e. The number of rotatable bonds is 3. The molecule has 1 unspecified atom stereocenters. The van der Waals surface area contributed by atoms with Crippen molar-refractivity contribution in [2.45, 2.75) is 13.0 Å². The number of hydrogen-bond acceptors (Lipinski definition) is 3. The van der Waals surface area contributed by atoms with E-state index in [9.17, 15) is 9.59 Å². The second-order valence-corrected chi connectivity index (χ2v) is 3.43. The van der Waals surface area contributed by atoms with Crippen molar-refractivity contribution in [1.82, 2.24) is 9.80 Å². The third kappa shape index (κ3) is 2.15. The Hall–Kier alpha value is -1.16. The van der Waals surface area contributed by atoms with Gasteiger partial charge in [-0.1, -0.05) is 0 Å². The predicted molar refractivity (Wildman–Crippen MR) is 49.0 cm³/mol. The number of likely N-dealkylation sites (N-methyl/N-ethyl adjacent to an activating group) is 1. The van der Waals surface area contributed by atoms with E-state index in [2.05, 4.69) is 0 Å². The molecule has 1 rings (SSSR count). The van der Waals surface area contributed by atoms with Crippen LogP contribution in [0.1, 0.15) is 6.92 Å². The van der Waals surface area contributed by atoms with Gasteiger partial charge >= 0.3 is 0 Å². The fourth-order valence-corrected chi connectivity index (χ4v) is 1.04. The molecule has 0 radical (unpaired) electrons. The van der Waals surface area contributed by atoms with Gasteiger partial charge in [0.2, 0.25) is 0 Å². The first-order valence-corrected chi connectivity index (χ1v) is 4.22. The van der Waals surface area contributed by atoms with Gasteiger partial charge in [-0.3, -0.25) is 14.5 Å². The Labute approximate surface area is 77.8 Å². The van der Waals surface area contributed by atoms with Crippen LogP contribution in [0.25, 0.3) is 0 Å². The fourth-order valence-electron chi connectivity index (χ4n) is 1.04. The smallest absolute Gasteiger partial charge is 0.253 e. The highest BCUT2D eigenvalue weighted by molar-refractivity contribution is 6.12. The van der Waals surface area contributed by atoms with Gasteiger partial charge in [0.1, 0.15) is 0 Å². The molecule has 2 amide bonds. The summed E-state index contributed by atoms with van der Waals surface area (Å²) in [4.78, 5) is 25.5. The number of carbonyl (C=O) groups is 2. The van der Waals surface area contributed by atoms with Crippen molar-refractivity contribution in [3.8, 4) is 0 Å². The summed E-state index contributed by atoms with van der Waals surface area (Å²) in [5.74, 6) is -0.419. The lowest BCUT2D eigenvalue weighted by atomic mass is 10.3. The SMILES string of the molecule is CC(CN1C(=O)C=CC1=O)N(C)C. The number of amides is 2. The zero-order chi connectivity index (χ0) is 10.0. The summed E-state index contributed by atoms with van der Waals surface area (Å²) in [5.41, 5.74) is 0. The molecule has 0 bridgehead atoms. The van der Waals surface area contributed by atoms with E-state index in [1.165, 1.54) is 17.1 Å². The third-order valence-electron chi connectivity index (χ3n) is 2.23. The molecule has 0 N–H and O–H groups in total. The molecule has 1 heterocycles. The van der Waals surface area contributed by atoms with E-state index in [0.29, 0.717) is 6.54 Å². The van der Waals surface area contributed by atoms with Gasteiger partial charge in [0.25, 0.3) is 11.8 Å². The Balaban J connectivity index is 2.55. The van der Waals surface area contributed by atoms with Crippen LogP contribution >= 0.6 is 0 Å². The Morgan fingerprint density at radius 2 is 1.77 bits per heavy atom. The molecule has 4 heteroatoms. The van der Waals surface area contributed by atoms with Crippen LogP contribution in [0.15, 0.2) is 12.2 Å². The first-order chi connectivity index (χ1) is 6.02. The number of nitrogens with zero attached hydrogens (tertiary/aromatic N) is 2. The molecule has 13 heavy (non-hydrogen) atoms. The summed E-state index contributed by atoms with van der Waals surface area (Å²) in [6.45, 7) is 2.43. The van der Waals surface area contributed by atoms with Gasteiger partial charge in [-0.05, 0) is 21.0 Å². The number of carbonyl (C=O) groups excluding carboxylic acids is 2. The molecule has 0 aromatic rings. The monoisotopic (exact) mass is 182 g/mol. The zero-order valence-electron chi connectivity index (χ0n) is 8.15. The van der Waals surface area contributed by atoms with Crippen LogP contribution in [0.2, 0.25) is 0 Å². The van der Waals surface area contributed by atoms with Crippen molar-refractivity contribution in [2.24, 2.45) is 0 Å². The van der Waals surface area contributed by atoms with Crippen molar-refractivity contribution < 1.29 is 9.59 Å². The maximum Gasteiger partial charge on any atom is 0.253 e. The normalized spacial score (nSPS) is 18.9. The van der Waals surface area contributed by atoms with Gasteiger partial charge in [-0.2, -0.15) is 0 Å². The first kappa shape index (κ1) is 9.92. The minimum Gasteiger partial charge on any atom is -0.305 e. The van der Waals surface area contributed by atoms with Crippen molar-refractivity contribution >= 4 is 11.8 Å². The number of imide groups is 1. The van der Waals surface area contributed by atoms with Crippen molar-refractivity contribution in [3.63, 3.8) is 0 Å². The van der Waals surface area contributed by atoms with E-state index in [1.807, 2.05) is 25.9 Å². The summed E-state index contributed by atoms with van der Waals surface area (Å²) in [6.07, 6.45) is 2.62. The van der Waals surface area contributed by atoms with Crippen LogP contribution in [0.5, 0.6) is 0 Å². The second-order valence-electron chi connectivity index (χ2n) is 3.43. The molecule has 1 aliphatic rings. The summed E-state index contributed by atoms with van der Waals surface area (Å²) in [6, 6.07) is 0.188. The molecule has 0 saturated carbocycles. The molecule has 0 aromatic heterocycles. The van der Waals surface area contributed by atoms with Crippen LogP contribution < -0.4 is 0 Å². The molecular formula is C9H14N2O2. The van der Waals surface area contributed by atoms with E-state index >= 15 is 0 Å². The highest BCUT2D eigenvalue weighted by Crippen LogP contribution is 2.05. The highest BCUT2D eigenvalue weighted by Gasteiger charge is 2.25. The first-order valence-electron chi connectivity index (χ1n) is 4.22. The average Bonchev–Trinajstić information content (AvgIpc) is 2.35. The Bertz CT molecular complexity index is 240. The van der Waals surface area contributed by atoms with E-state index in [-0.39, 0.29) is 17.9 Å². The van der Waals surface area contributed by atoms with Crippen LogP contribution in [-0.4, -0.2) is 48.3 Å². The van der Waals surface area contributed by atoms with Crippen LogP contribution in [-0.2, 0) is 9.59 Å². The third-order valence-corrected chi connectivity index (χ3v) is 2.23. The molecule has 0 spiro atoms. The lowest BCUT2D eigenvalue weighted by molar-refractivity contribution is -0.137. The Morgan fingerprint density at radius 1 is 1.31 bits per heavy atom. The summed E-state index contributed by atoms with van der Waals surface area (Å²) < 4.78 is 0. The summed E-state index contributed by atoms with van der Waals surface area (Å²) >= 11 is 0. The maximum absolute atomic E-state index is 11.1. The molecule has 0 aliphatic carbocycles. The standard InChI is InChI=1S/C9H14N2O2/c1-7(10(2)3)6-11-8(12)4-5-9(11)13/h4-5,7H,6H2,1-3H3. The van der Waals surface area contributed by atoms with Crippen molar-refractivity contribution in [1.29, 1.82) is 0 Å². The van der Waals surface area contributed by atoms with Crippen LogP contribution in [0.4, 0.5) is 0 Å². The summed E-state index contributed by atoms with van der Waals surface area (Å²) in [7, 11) is 3.84. The van der Waals surface area contributed by atoms with Crippen LogP contribution in [0, 0.1) is 0 Å². The molecule has 72 valence electrons. The van der Waals surface area contributed by atoms with Gasteiger partial charge in [0.15, 0.2) is 0 Å². The molecule has 0 fully saturated rings. The lowest BCUT2D eigenvalue weighted by Crippen LogP contribution is -2.41. The minimum atomic E-state index is -0.210. The molecule has 0 aromatic carbocycles. The molecule has 1 atom stereocenters.